The topological polar surface area (TPSA) is 75.5 Å². The van der Waals surface area contributed by atoms with Gasteiger partial charge in [-0.1, -0.05) is 6.07 Å². The molecule has 114 valence electrons. The summed E-state index contributed by atoms with van der Waals surface area (Å²) in [6.45, 7) is -0.0000508. The van der Waals surface area contributed by atoms with Gasteiger partial charge in [0.15, 0.2) is 5.69 Å². The first-order chi connectivity index (χ1) is 10.7. The molecule has 0 bridgehead atoms. The second-order valence-corrected chi connectivity index (χ2v) is 6.07. The Kier molecular flexibility index (Phi) is 3.10. The van der Waals surface area contributed by atoms with Crippen molar-refractivity contribution in [3.8, 4) is 0 Å². The molecule has 2 aromatic heterocycles. The van der Waals surface area contributed by atoms with Gasteiger partial charge < -0.3 is 15.0 Å². The zero-order valence-corrected chi connectivity index (χ0v) is 12.2. The van der Waals surface area contributed by atoms with E-state index in [1.54, 1.807) is 0 Å². The van der Waals surface area contributed by atoms with Crippen LogP contribution in [0.3, 0.4) is 0 Å². The largest absolute Gasteiger partial charge is 0.352 e. The summed E-state index contributed by atoms with van der Waals surface area (Å²) in [6, 6.07) is 6.02. The third-order valence-electron chi connectivity index (χ3n) is 4.09. The molecule has 2 aliphatic carbocycles. The number of rotatable bonds is 5. The molecule has 2 heterocycles. The molecule has 6 nitrogen and oxygen atoms in total. The Hall–Kier alpha value is -2.37. The number of fused-ring (bicyclic) bond motifs is 1. The van der Waals surface area contributed by atoms with E-state index < -0.39 is 0 Å². The van der Waals surface area contributed by atoms with Crippen LogP contribution >= 0.6 is 0 Å². The van der Waals surface area contributed by atoms with Crippen LogP contribution in [0.25, 0.3) is 5.52 Å². The van der Waals surface area contributed by atoms with Crippen molar-refractivity contribution in [3.63, 3.8) is 0 Å². The highest BCUT2D eigenvalue weighted by Gasteiger charge is 2.30. The second kappa shape index (κ2) is 5.12. The van der Waals surface area contributed by atoms with Crippen molar-refractivity contribution >= 4 is 17.3 Å². The lowest BCUT2D eigenvalue weighted by Crippen LogP contribution is -2.38. The summed E-state index contributed by atoms with van der Waals surface area (Å²) in [4.78, 5) is 28.5. The maximum Gasteiger partial charge on any atom is 0.272 e. The van der Waals surface area contributed by atoms with E-state index in [9.17, 15) is 9.59 Å². The molecule has 6 heteroatoms. The summed E-state index contributed by atoms with van der Waals surface area (Å²) in [7, 11) is 0. The van der Waals surface area contributed by atoms with Crippen LogP contribution in [0.1, 0.15) is 47.9 Å². The highest BCUT2D eigenvalue weighted by molar-refractivity contribution is 6.00. The van der Waals surface area contributed by atoms with Crippen molar-refractivity contribution in [1.82, 2.24) is 20.0 Å². The minimum Gasteiger partial charge on any atom is -0.352 e. The van der Waals surface area contributed by atoms with Crippen LogP contribution in [0.4, 0.5) is 0 Å². The van der Waals surface area contributed by atoms with Crippen LogP contribution in [0, 0.1) is 0 Å². The second-order valence-electron chi connectivity index (χ2n) is 6.07. The van der Waals surface area contributed by atoms with Gasteiger partial charge in [0.25, 0.3) is 5.91 Å². The van der Waals surface area contributed by atoms with E-state index in [1.807, 2.05) is 28.8 Å². The van der Waals surface area contributed by atoms with E-state index in [0.717, 1.165) is 37.0 Å². The Labute approximate surface area is 127 Å². The van der Waals surface area contributed by atoms with Gasteiger partial charge in [-0.15, -0.1) is 0 Å². The standard InChI is InChI=1S/C16H18N4O2/c21-13(18-11-6-7-11)9-17-16(22)14-12-3-1-2-8-20(12)15(19-14)10-4-5-10/h1-3,8,10-11H,4-7,9H2,(H,17,22)(H,18,21). The van der Waals surface area contributed by atoms with Crippen LogP contribution in [0.5, 0.6) is 0 Å². The molecular formula is C16H18N4O2. The summed E-state index contributed by atoms with van der Waals surface area (Å²) >= 11 is 0. The summed E-state index contributed by atoms with van der Waals surface area (Å²) in [5.41, 5.74) is 1.20. The normalized spacial score (nSPS) is 17.5. The lowest BCUT2D eigenvalue weighted by molar-refractivity contribution is -0.120. The molecule has 2 saturated carbocycles. The Morgan fingerprint density at radius 2 is 2.05 bits per heavy atom. The molecular weight excluding hydrogens is 280 g/mol. The van der Waals surface area contributed by atoms with Crippen molar-refractivity contribution in [2.45, 2.75) is 37.6 Å². The van der Waals surface area contributed by atoms with Crippen molar-refractivity contribution in [2.75, 3.05) is 6.54 Å². The summed E-state index contributed by atoms with van der Waals surface area (Å²) in [5.74, 6) is 0.973. The zero-order valence-electron chi connectivity index (χ0n) is 12.2. The van der Waals surface area contributed by atoms with Crippen LogP contribution in [0.15, 0.2) is 24.4 Å². The molecule has 2 aromatic rings. The Morgan fingerprint density at radius 3 is 2.77 bits per heavy atom. The first-order valence-corrected chi connectivity index (χ1v) is 7.77. The maximum absolute atomic E-state index is 12.4. The molecule has 4 rings (SSSR count). The van der Waals surface area contributed by atoms with Crippen molar-refractivity contribution in [3.05, 3.63) is 35.9 Å². The number of hydrogen-bond donors (Lipinski definition) is 2. The first kappa shape index (κ1) is 13.3. The Morgan fingerprint density at radius 1 is 1.23 bits per heavy atom. The first-order valence-electron chi connectivity index (χ1n) is 7.77. The molecule has 0 aromatic carbocycles. The van der Waals surface area contributed by atoms with Crippen molar-refractivity contribution < 1.29 is 9.59 Å². The van der Waals surface area contributed by atoms with E-state index in [1.165, 1.54) is 0 Å². The third-order valence-corrected chi connectivity index (χ3v) is 4.09. The average molecular weight is 298 g/mol. The van der Waals surface area contributed by atoms with Gasteiger partial charge in [0.1, 0.15) is 5.82 Å². The van der Waals surface area contributed by atoms with Crippen LogP contribution in [-0.2, 0) is 4.79 Å². The van der Waals surface area contributed by atoms with E-state index in [2.05, 4.69) is 15.6 Å². The van der Waals surface area contributed by atoms with Gasteiger partial charge >= 0.3 is 0 Å². The smallest absolute Gasteiger partial charge is 0.272 e. The summed E-state index contributed by atoms with van der Waals surface area (Å²) in [6.07, 6.45) is 6.26. The lowest BCUT2D eigenvalue weighted by atomic mass is 10.3. The van der Waals surface area contributed by atoms with Gasteiger partial charge in [0.2, 0.25) is 5.91 Å². The molecule has 2 amide bonds. The van der Waals surface area contributed by atoms with E-state index in [4.69, 9.17) is 0 Å². The number of carbonyl (C=O) groups is 2. The fraction of sp³-hybridized carbons (Fsp3) is 0.438. The summed E-state index contributed by atoms with van der Waals surface area (Å²) < 4.78 is 1.98. The molecule has 0 spiro atoms. The van der Waals surface area contributed by atoms with Crippen molar-refractivity contribution in [1.29, 1.82) is 0 Å². The third kappa shape index (κ3) is 2.56. The molecule has 2 fully saturated rings. The van der Waals surface area contributed by atoms with Gasteiger partial charge in [-0.25, -0.2) is 4.98 Å². The number of aromatic nitrogens is 2. The van der Waals surface area contributed by atoms with Gasteiger partial charge in [0, 0.05) is 18.2 Å². The number of carbonyl (C=O) groups excluding carboxylic acids is 2. The molecule has 0 unspecified atom stereocenters. The molecule has 0 atom stereocenters. The minimum atomic E-state index is -0.290. The SMILES string of the molecule is O=C(CNC(=O)c1nc(C2CC2)n2ccccc12)NC1CC1. The van der Waals surface area contributed by atoms with Gasteiger partial charge in [-0.3, -0.25) is 9.59 Å². The highest BCUT2D eigenvalue weighted by Crippen LogP contribution is 2.39. The molecule has 2 aliphatic rings. The lowest BCUT2D eigenvalue weighted by Gasteiger charge is -2.04. The van der Waals surface area contributed by atoms with E-state index in [0.29, 0.717) is 17.7 Å². The molecule has 0 aliphatic heterocycles. The zero-order chi connectivity index (χ0) is 15.1. The van der Waals surface area contributed by atoms with Crippen LogP contribution in [-0.4, -0.2) is 33.8 Å². The fourth-order valence-electron chi connectivity index (χ4n) is 2.61. The molecule has 0 radical (unpaired) electrons. The Bertz CT molecular complexity index is 744. The van der Waals surface area contributed by atoms with Crippen molar-refractivity contribution in [2.24, 2.45) is 0 Å². The van der Waals surface area contributed by atoms with E-state index in [-0.39, 0.29) is 18.4 Å². The minimum absolute atomic E-state index is 0.0000508. The number of imidazole rings is 1. The average Bonchev–Trinajstić information content (AvgIpc) is 3.44. The number of amides is 2. The quantitative estimate of drug-likeness (QED) is 0.871. The van der Waals surface area contributed by atoms with Gasteiger partial charge in [-0.2, -0.15) is 0 Å². The number of nitrogens with one attached hydrogen (secondary N) is 2. The number of hydrogen-bond acceptors (Lipinski definition) is 3. The van der Waals surface area contributed by atoms with E-state index >= 15 is 0 Å². The number of nitrogens with zero attached hydrogens (tertiary/aromatic N) is 2. The highest BCUT2D eigenvalue weighted by atomic mass is 16.2. The van der Waals surface area contributed by atoms with Gasteiger partial charge in [-0.05, 0) is 37.8 Å². The predicted octanol–water partition coefficient (Wildman–Crippen LogP) is 1.22. The molecule has 2 N–H and O–H groups in total. The predicted molar refractivity (Wildman–Crippen MR) is 80.7 cm³/mol. The Balaban J connectivity index is 1.52. The maximum atomic E-state index is 12.4. The summed E-state index contributed by atoms with van der Waals surface area (Å²) in [5, 5.41) is 5.52. The fourth-order valence-corrected chi connectivity index (χ4v) is 2.61. The monoisotopic (exact) mass is 298 g/mol. The molecule has 22 heavy (non-hydrogen) atoms. The molecule has 0 saturated heterocycles. The van der Waals surface area contributed by atoms with Crippen LogP contribution < -0.4 is 10.6 Å². The van der Waals surface area contributed by atoms with Crippen LogP contribution in [0.2, 0.25) is 0 Å². The van der Waals surface area contributed by atoms with Gasteiger partial charge in [0.05, 0.1) is 12.1 Å². The number of pyridine rings is 1.